The number of aryl methyl sites for hydroxylation is 1. The largest absolute Gasteiger partial charge is 0.338 e. The standard InChI is InChI=1S/C13H11BrClFN2/c14-10-7-12(16)13(17-8-10)18-11-3-1-9(2-4-11)5-6-15/h1-4,7-8H,5-6H2,(H,17,18). The molecule has 1 N–H and O–H groups in total. The van der Waals surface area contributed by atoms with Gasteiger partial charge in [0, 0.05) is 22.2 Å². The maximum Gasteiger partial charge on any atom is 0.166 e. The molecular weight excluding hydrogens is 319 g/mol. The first-order chi connectivity index (χ1) is 8.69. The Balaban J connectivity index is 2.13. The lowest BCUT2D eigenvalue weighted by Gasteiger charge is -2.07. The molecule has 0 unspecified atom stereocenters. The predicted octanol–water partition coefficient (Wildman–Crippen LogP) is 4.51. The van der Waals surface area contributed by atoms with Gasteiger partial charge in [0.15, 0.2) is 11.6 Å². The number of hydrogen-bond donors (Lipinski definition) is 1. The van der Waals surface area contributed by atoms with Gasteiger partial charge < -0.3 is 5.32 Å². The van der Waals surface area contributed by atoms with E-state index in [1.54, 1.807) is 6.20 Å². The highest BCUT2D eigenvalue weighted by Crippen LogP contribution is 2.20. The summed E-state index contributed by atoms with van der Waals surface area (Å²) in [6, 6.07) is 9.05. The van der Waals surface area contributed by atoms with Gasteiger partial charge in [0.05, 0.1) is 0 Å². The van der Waals surface area contributed by atoms with Crippen LogP contribution in [0.3, 0.4) is 0 Å². The first-order valence-electron chi connectivity index (χ1n) is 5.42. The first-order valence-corrected chi connectivity index (χ1v) is 6.75. The molecule has 2 aromatic rings. The Hall–Kier alpha value is -1.13. The lowest BCUT2D eigenvalue weighted by atomic mass is 10.1. The molecule has 2 rings (SSSR count). The van der Waals surface area contributed by atoms with E-state index in [4.69, 9.17) is 11.6 Å². The number of alkyl halides is 1. The highest BCUT2D eigenvalue weighted by atomic mass is 79.9. The smallest absolute Gasteiger partial charge is 0.166 e. The average molecular weight is 330 g/mol. The zero-order valence-corrected chi connectivity index (χ0v) is 11.8. The van der Waals surface area contributed by atoms with Gasteiger partial charge in [0.2, 0.25) is 0 Å². The van der Waals surface area contributed by atoms with Gasteiger partial charge in [0.1, 0.15) is 0 Å². The molecule has 1 aromatic heterocycles. The third-order valence-corrected chi connectivity index (χ3v) is 3.03. The van der Waals surface area contributed by atoms with Crippen LogP contribution in [-0.2, 0) is 6.42 Å². The molecule has 0 aliphatic heterocycles. The van der Waals surface area contributed by atoms with Crippen molar-refractivity contribution in [1.29, 1.82) is 0 Å². The van der Waals surface area contributed by atoms with E-state index in [-0.39, 0.29) is 5.82 Å². The van der Waals surface area contributed by atoms with Crippen molar-refractivity contribution in [3.63, 3.8) is 0 Å². The summed E-state index contributed by atoms with van der Waals surface area (Å²) in [4.78, 5) is 3.98. The fourth-order valence-corrected chi connectivity index (χ4v) is 2.03. The number of pyridine rings is 1. The summed E-state index contributed by atoms with van der Waals surface area (Å²) in [7, 11) is 0. The normalized spacial score (nSPS) is 10.4. The Morgan fingerprint density at radius 1 is 1.28 bits per heavy atom. The monoisotopic (exact) mass is 328 g/mol. The van der Waals surface area contributed by atoms with Gasteiger partial charge in [0.25, 0.3) is 0 Å². The molecular formula is C13H11BrClFN2. The molecule has 1 aromatic carbocycles. The number of nitrogens with one attached hydrogen (secondary N) is 1. The van der Waals surface area contributed by atoms with Crippen LogP contribution in [0.25, 0.3) is 0 Å². The van der Waals surface area contributed by atoms with Crippen molar-refractivity contribution in [1.82, 2.24) is 4.98 Å². The Morgan fingerprint density at radius 2 is 2.00 bits per heavy atom. The van der Waals surface area contributed by atoms with Crippen molar-refractivity contribution in [2.45, 2.75) is 6.42 Å². The van der Waals surface area contributed by atoms with E-state index in [1.165, 1.54) is 6.07 Å². The fourth-order valence-electron chi connectivity index (χ4n) is 1.51. The summed E-state index contributed by atoms with van der Waals surface area (Å²) >= 11 is 8.83. The summed E-state index contributed by atoms with van der Waals surface area (Å²) in [6.45, 7) is 0. The Morgan fingerprint density at radius 3 is 2.61 bits per heavy atom. The molecule has 0 atom stereocenters. The average Bonchev–Trinajstić information content (AvgIpc) is 2.35. The van der Waals surface area contributed by atoms with E-state index in [0.29, 0.717) is 10.4 Å². The van der Waals surface area contributed by atoms with Crippen LogP contribution in [-0.4, -0.2) is 10.9 Å². The first kappa shape index (κ1) is 13.3. The molecule has 18 heavy (non-hydrogen) atoms. The molecule has 0 aliphatic carbocycles. The third-order valence-electron chi connectivity index (χ3n) is 2.41. The zero-order valence-electron chi connectivity index (χ0n) is 9.46. The minimum absolute atomic E-state index is 0.211. The maximum atomic E-state index is 13.6. The molecule has 0 aliphatic rings. The van der Waals surface area contributed by atoms with Crippen molar-refractivity contribution in [2.24, 2.45) is 0 Å². The van der Waals surface area contributed by atoms with Crippen LogP contribution in [0.5, 0.6) is 0 Å². The van der Waals surface area contributed by atoms with Gasteiger partial charge in [-0.25, -0.2) is 9.37 Å². The lowest BCUT2D eigenvalue weighted by Crippen LogP contribution is -1.97. The Bertz CT molecular complexity index is 531. The van der Waals surface area contributed by atoms with Gasteiger partial charge in [-0.1, -0.05) is 12.1 Å². The number of halogens is 3. The molecule has 5 heteroatoms. The van der Waals surface area contributed by atoms with E-state index in [9.17, 15) is 4.39 Å². The van der Waals surface area contributed by atoms with Gasteiger partial charge >= 0.3 is 0 Å². The number of rotatable bonds is 4. The highest BCUT2D eigenvalue weighted by molar-refractivity contribution is 9.10. The summed E-state index contributed by atoms with van der Waals surface area (Å²) in [5.74, 6) is 0.410. The van der Waals surface area contributed by atoms with Crippen LogP contribution >= 0.6 is 27.5 Å². The molecule has 0 saturated heterocycles. The van der Waals surface area contributed by atoms with Crippen LogP contribution in [0.15, 0.2) is 41.0 Å². The minimum Gasteiger partial charge on any atom is -0.338 e. The molecule has 0 fully saturated rings. The Labute approximate surface area is 118 Å². The molecule has 94 valence electrons. The number of hydrogen-bond acceptors (Lipinski definition) is 2. The van der Waals surface area contributed by atoms with Crippen LogP contribution in [0, 0.1) is 5.82 Å². The fraction of sp³-hybridized carbons (Fsp3) is 0.154. The van der Waals surface area contributed by atoms with E-state index < -0.39 is 5.82 Å². The topological polar surface area (TPSA) is 24.9 Å². The number of anilines is 2. The molecule has 2 nitrogen and oxygen atoms in total. The molecule has 0 bridgehead atoms. The van der Waals surface area contributed by atoms with Crippen molar-refractivity contribution < 1.29 is 4.39 Å². The second-order valence-corrected chi connectivity index (χ2v) is 5.04. The third kappa shape index (κ3) is 3.43. The van der Waals surface area contributed by atoms with Gasteiger partial charge in [-0.05, 0) is 46.1 Å². The zero-order chi connectivity index (χ0) is 13.0. The van der Waals surface area contributed by atoms with E-state index >= 15 is 0 Å². The molecule has 0 spiro atoms. The van der Waals surface area contributed by atoms with Crippen molar-refractivity contribution in [3.8, 4) is 0 Å². The Kier molecular flexibility index (Phi) is 4.55. The molecule has 1 heterocycles. The maximum absolute atomic E-state index is 13.6. The van der Waals surface area contributed by atoms with Gasteiger partial charge in [-0.3, -0.25) is 0 Å². The SMILES string of the molecule is Fc1cc(Br)cnc1Nc1ccc(CCCl)cc1. The summed E-state index contributed by atoms with van der Waals surface area (Å²) < 4.78 is 14.2. The second kappa shape index (κ2) is 6.16. The van der Waals surface area contributed by atoms with Crippen LogP contribution in [0.1, 0.15) is 5.56 Å². The van der Waals surface area contributed by atoms with E-state index in [0.717, 1.165) is 17.7 Å². The quantitative estimate of drug-likeness (QED) is 0.835. The van der Waals surface area contributed by atoms with Crippen LogP contribution in [0.4, 0.5) is 15.9 Å². The number of aromatic nitrogens is 1. The second-order valence-electron chi connectivity index (χ2n) is 3.74. The summed E-state index contributed by atoms with van der Waals surface area (Å²) in [6.07, 6.45) is 2.38. The lowest BCUT2D eigenvalue weighted by molar-refractivity contribution is 0.625. The highest BCUT2D eigenvalue weighted by Gasteiger charge is 2.04. The van der Waals surface area contributed by atoms with E-state index in [2.05, 4.69) is 26.2 Å². The summed E-state index contributed by atoms with van der Waals surface area (Å²) in [5, 5.41) is 2.93. The van der Waals surface area contributed by atoms with Crippen molar-refractivity contribution in [2.75, 3.05) is 11.2 Å². The number of benzene rings is 1. The summed E-state index contributed by atoms with van der Waals surface area (Å²) in [5.41, 5.74) is 1.95. The van der Waals surface area contributed by atoms with Crippen LogP contribution in [0.2, 0.25) is 0 Å². The van der Waals surface area contributed by atoms with Crippen LogP contribution < -0.4 is 5.32 Å². The molecule has 0 radical (unpaired) electrons. The molecule has 0 saturated carbocycles. The predicted molar refractivity (Wildman–Crippen MR) is 76.0 cm³/mol. The van der Waals surface area contributed by atoms with Crippen molar-refractivity contribution >= 4 is 39.0 Å². The van der Waals surface area contributed by atoms with Gasteiger partial charge in [-0.2, -0.15) is 0 Å². The molecule has 0 amide bonds. The van der Waals surface area contributed by atoms with E-state index in [1.807, 2.05) is 24.3 Å². The van der Waals surface area contributed by atoms with Gasteiger partial charge in [-0.15, -0.1) is 11.6 Å². The number of nitrogens with zero attached hydrogens (tertiary/aromatic N) is 1. The minimum atomic E-state index is -0.394. The van der Waals surface area contributed by atoms with Crippen molar-refractivity contribution in [3.05, 3.63) is 52.4 Å².